The summed E-state index contributed by atoms with van der Waals surface area (Å²) in [7, 11) is 1.66. The van der Waals surface area contributed by atoms with Crippen LogP contribution in [0.15, 0.2) is 21.1 Å². The first-order chi connectivity index (χ1) is 8.69. The summed E-state index contributed by atoms with van der Waals surface area (Å²) in [5.41, 5.74) is 1.22. The average Bonchev–Trinajstić information content (AvgIpc) is 2.33. The van der Waals surface area contributed by atoms with Crippen LogP contribution in [0.25, 0.3) is 0 Å². The summed E-state index contributed by atoms with van der Waals surface area (Å²) < 4.78 is 12.5. The van der Waals surface area contributed by atoms with E-state index in [9.17, 15) is 0 Å². The number of methoxy groups -OCH3 is 1. The Morgan fingerprint density at radius 1 is 1.17 bits per heavy atom. The highest BCUT2D eigenvalue weighted by molar-refractivity contribution is 9.11. The Kier molecular flexibility index (Phi) is 7.90. The van der Waals surface area contributed by atoms with Crippen molar-refractivity contribution in [2.45, 2.75) is 19.9 Å². The number of hydrogen-bond acceptors (Lipinski definition) is 3. The zero-order chi connectivity index (χ0) is 13.4. The molecule has 1 aromatic rings. The van der Waals surface area contributed by atoms with Gasteiger partial charge in [0.2, 0.25) is 0 Å². The van der Waals surface area contributed by atoms with Crippen molar-refractivity contribution in [3.05, 3.63) is 26.6 Å². The number of hydrogen-bond donors (Lipinski definition) is 1. The van der Waals surface area contributed by atoms with E-state index in [1.165, 1.54) is 5.56 Å². The molecule has 1 N–H and O–H groups in total. The van der Waals surface area contributed by atoms with Gasteiger partial charge in [0, 0.05) is 13.7 Å². The van der Waals surface area contributed by atoms with Crippen molar-refractivity contribution in [2.75, 3.05) is 26.9 Å². The zero-order valence-electron chi connectivity index (χ0n) is 10.8. The molecule has 0 spiro atoms. The Balaban J connectivity index is 2.65. The van der Waals surface area contributed by atoms with Gasteiger partial charge >= 0.3 is 0 Å². The predicted molar refractivity (Wildman–Crippen MR) is 81.2 cm³/mol. The molecule has 5 heteroatoms. The van der Waals surface area contributed by atoms with E-state index in [1.54, 1.807) is 7.11 Å². The molecule has 0 saturated heterocycles. The number of ether oxygens (including phenoxy) is 2. The highest BCUT2D eigenvalue weighted by Gasteiger charge is 2.08. The quantitative estimate of drug-likeness (QED) is 0.697. The van der Waals surface area contributed by atoms with Gasteiger partial charge in [-0.25, -0.2) is 0 Å². The van der Waals surface area contributed by atoms with Gasteiger partial charge in [-0.1, -0.05) is 6.92 Å². The van der Waals surface area contributed by atoms with Gasteiger partial charge in [-0.2, -0.15) is 0 Å². The van der Waals surface area contributed by atoms with Gasteiger partial charge in [-0.05, 0) is 62.5 Å². The van der Waals surface area contributed by atoms with Crippen LogP contribution in [0.4, 0.5) is 0 Å². The topological polar surface area (TPSA) is 30.5 Å². The molecule has 1 rings (SSSR count). The maximum atomic E-state index is 5.65. The lowest BCUT2D eigenvalue weighted by molar-refractivity contribution is 0.145. The molecule has 0 aliphatic heterocycles. The molecule has 0 heterocycles. The molecule has 0 aromatic heterocycles. The molecule has 18 heavy (non-hydrogen) atoms. The molecular weight excluding hydrogens is 362 g/mol. The molecule has 0 fully saturated rings. The molecule has 3 nitrogen and oxygen atoms in total. The first-order valence-corrected chi connectivity index (χ1v) is 7.58. The summed E-state index contributed by atoms with van der Waals surface area (Å²) in [5, 5.41) is 3.38. The van der Waals surface area contributed by atoms with Gasteiger partial charge in [0.1, 0.15) is 12.4 Å². The van der Waals surface area contributed by atoms with Gasteiger partial charge in [-0.15, -0.1) is 0 Å². The minimum atomic E-state index is 0.543. The minimum absolute atomic E-state index is 0.543. The Labute approximate surface area is 125 Å². The lowest BCUT2D eigenvalue weighted by Gasteiger charge is -2.12. The first kappa shape index (κ1) is 16.0. The van der Waals surface area contributed by atoms with Crippen molar-refractivity contribution in [1.29, 1.82) is 0 Å². The van der Waals surface area contributed by atoms with Crippen LogP contribution in [0, 0.1) is 0 Å². The molecule has 0 bridgehead atoms. The van der Waals surface area contributed by atoms with E-state index in [0.29, 0.717) is 13.2 Å². The average molecular weight is 381 g/mol. The fourth-order valence-corrected chi connectivity index (χ4v) is 3.00. The lowest BCUT2D eigenvalue weighted by atomic mass is 10.2. The number of halogens is 2. The third-order valence-electron chi connectivity index (χ3n) is 2.35. The summed E-state index contributed by atoms with van der Waals surface area (Å²) in [6.07, 6.45) is 1.14. The third kappa shape index (κ3) is 5.26. The van der Waals surface area contributed by atoms with Gasteiger partial charge in [0.25, 0.3) is 0 Å². The standard InChI is InChI=1S/C13H19Br2NO2/c1-3-4-16-9-10-7-11(14)13(12(15)8-10)18-6-5-17-2/h7-8,16H,3-6,9H2,1-2H3. The highest BCUT2D eigenvalue weighted by Crippen LogP contribution is 2.34. The molecule has 0 radical (unpaired) electrons. The Hall–Kier alpha value is -0.100. The van der Waals surface area contributed by atoms with Gasteiger partial charge in [0.15, 0.2) is 0 Å². The van der Waals surface area contributed by atoms with Crippen LogP contribution < -0.4 is 10.1 Å². The van der Waals surface area contributed by atoms with E-state index >= 15 is 0 Å². The molecule has 1 aromatic carbocycles. The van der Waals surface area contributed by atoms with Crippen molar-refractivity contribution in [3.8, 4) is 5.75 Å². The van der Waals surface area contributed by atoms with Crippen LogP contribution in [0.5, 0.6) is 5.75 Å². The van der Waals surface area contributed by atoms with E-state index in [0.717, 1.165) is 34.2 Å². The fraction of sp³-hybridized carbons (Fsp3) is 0.538. The van der Waals surface area contributed by atoms with Crippen LogP contribution in [0.2, 0.25) is 0 Å². The Morgan fingerprint density at radius 3 is 2.39 bits per heavy atom. The van der Waals surface area contributed by atoms with Crippen molar-refractivity contribution >= 4 is 31.9 Å². The largest absolute Gasteiger partial charge is 0.489 e. The van der Waals surface area contributed by atoms with Gasteiger partial charge in [-0.3, -0.25) is 0 Å². The van der Waals surface area contributed by atoms with Crippen molar-refractivity contribution < 1.29 is 9.47 Å². The predicted octanol–water partition coefficient (Wildman–Crippen LogP) is 3.74. The summed E-state index contributed by atoms with van der Waals surface area (Å²) in [5.74, 6) is 0.825. The Morgan fingerprint density at radius 2 is 1.83 bits per heavy atom. The summed E-state index contributed by atoms with van der Waals surface area (Å²) in [4.78, 5) is 0. The third-order valence-corrected chi connectivity index (χ3v) is 3.53. The number of rotatable bonds is 8. The van der Waals surface area contributed by atoms with Crippen LogP contribution in [0.1, 0.15) is 18.9 Å². The molecule has 102 valence electrons. The maximum Gasteiger partial charge on any atom is 0.147 e. The molecule has 0 amide bonds. The van der Waals surface area contributed by atoms with E-state index in [4.69, 9.17) is 9.47 Å². The van der Waals surface area contributed by atoms with Crippen LogP contribution in [-0.4, -0.2) is 26.9 Å². The second-order valence-corrected chi connectivity index (χ2v) is 5.62. The molecule has 0 atom stereocenters. The van der Waals surface area contributed by atoms with E-state index < -0.39 is 0 Å². The number of benzene rings is 1. The van der Waals surface area contributed by atoms with Crippen molar-refractivity contribution in [3.63, 3.8) is 0 Å². The van der Waals surface area contributed by atoms with Gasteiger partial charge in [0.05, 0.1) is 15.6 Å². The fourth-order valence-electron chi connectivity index (χ4n) is 1.49. The first-order valence-electron chi connectivity index (χ1n) is 5.99. The number of nitrogens with one attached hydrogen (secondary N) is 1. The molecule has 0 saturated carbocycles. The van der Waals surface area contributed by atoms with Gasteiger partial charge < -0.3 is 14.8 Å². The second-order valence-electron chi connectivity index (χ2n) is 3.91. The maximum absolute atomic E-state index is 5.65. The SMILES string of the molecule is CCCNCc1cc(Br)c(OCCOC)c(Br)c1. The normalized spacial score (nSPS) is 10.7. The minimum Gasteiger partial charge on any atom is -0.489 e. The summed E-state index contributed by atoms with van der Waals surface area (Å²) >= 11 is 7.07. The molecule has 0 unspecified atom stereocenters. The monoisotopic (exact) mass is 379 g/mol. The smallest absolute Gasteiger partial charge is 0.147 e. The van der Waals surface area contributed by atoms with E-state index in [2.05, 4.69) is 56.2 Å². The molecular formula is C13H19Br2NO2. The van der Waals surface area contributed by atoms with E-state index in [-0.39, 0.29) is 0 Å². The summed E-state index contributed by atoms with van der Waals surface area (Å²) in [6, 6.07) is 4.16. The van der Waals surface area contributed by atoms with E-state index in [1.807, 2.05) is 0 Å². The van der Waals surface area contributed by atoms with Crippen LogP contribution in [0.3, 0.4) is 0 Å². The van der Waals surface area contributed by atoms with Crippen molar-refractivity contribution in [2.24, 2.45) is 0 Å². The highest BCUT2D eigenvalue weighted by atomic mass is 79.9. The zero-order valence-corrected chi connectivity index (χ0v) is 13.9. The Bertz CT molecular complexity index is 349. The summed E-state index contributed by atoms with van der Waals surface area (Å²) in [6.45, 7) is 5.18. The van der Waals surface area contributed by atoms with Crippen LogP contribution in [-0.2, 0) is 11.3 Å². The molecule has 0 aliphatic rings. The lowest BCUT2D eigenvalue weighted by Crippen LogP contribution is -2.14. The molecule has 0 aliphatic carbocycles. The van der Waals surface area contributed by atoms with Crippen LogP contribution >= 0.6 is 31.9 Å². The second kappa shape index (κ2) is 8.91. The van der Waals surface area contributed by atoms with Crippen molar-refractivity contribution in [1.82, 2.24) is 5.32 Å².